The number of rotatable bonds is 4. The first-order valence-corrected chi connectivity index (χ1v) is 6.94. The van der Waals surface area contributed by atoms with Gasteiger partial charge in [-0.2, -0.15) is 0 Å². The Morgan fingerprint density at radius 3 is 2.65 bits per heavy atom. The molecular formula is C17H19NO2. The van der Waals surface area contributed by atoms with Gasteiger partial charge in [0.05, 0.1) is 7.11 Å². The number of ether oxygens (including phenoxy) is 2. The summed E-state index contributed by atoms with van der Waals surface area (Å²) in [6.07, 6.45) is 1.10. The van der Waals surface area contributed by atoms with Crippen LogP contribution in [-0.2, 0) is 19.6 Å². The molecule has 20 heavy (non-hydrogen) atoms. The van der Waals surface area contributed by atoms with E-state index in [4.69, 9.17) is 9.47 Å². The van der Waals surface area contributed by atoms with Gasteiger partial charge < -0.3 is 14.8 Å². The molecule has 104 valence electrons. The van der Waals surface area contributed by atoms with Crippen molar-refractivity contribution in [2.45, 2.75) is 19.6 Å². The molecule has 0 spiro atoms. The molecular weight excluding hydrogens is 250 g/mol. The molecule has 1 N–H and O–H groups in total. The molecule has 1 aliphatic heterocycles. The summed E-state index contributed by atoms with van der Waals surface area (Å²) >= 11 is 0. The monoisotopic (exact) mass is 269 g/mol. The van der Waals surface area contributed by atoms with Gasteiger partial charge >= 0.3 is 0 Å². The summed E-state index contributed by atoms with van der Waals surface area (Å²) in [5, 5.41) is 3.42. The Labute approximate surface area is 119 Å². The van der Waals surface area contributed by atoms with Gasteiger partial charge in [0, 0.05) is 6.54 Å². The van der Waals surface area contributed by atoms with Gasteiger partial charge in [0.1, 0.15) is 18.1 Å². The Bertz CT molecular complexity index is 578. The van der Waals surface area contributed by atoms with E-state index >= 15 is 0 Å². The molecule has 1 aliphatic rings. The van der Waals surface area contributed by atoms with Crippen LogP contribution in [0.4, 0.5) is 0 Å². The lowest BCUT2D eigenvalue weighted by atomic mass is 9.96. The highest BCUT2D eigenvalue weighted by molar-refractivity contribution is 5.37. The van der Waals surface area contributed by atoms with Crippen LogP contribution >= 0.6 is 0 Å². The number of hydrogen-bond acceptors (Lipinski definition) is 3. The van der Waals surface area contributed by atoms with Gasteiger partial charge in [-0.1, -0.05) is 18.2 Å². The van der Waals surface area contributed by atoms with Crippen LogP contribution in [0, 0.1) is 0 Å². The summed E-state index contributed by atoms with van der Waals surface area (Å²) in [5.74, 6) is 1.71. The van der Waals surface area contributed by atoms with Crippen molar-refractivity contribution in [3.05, 3.63) is 59.2 Å². The number of hydrogen-bond donors (Lipinski definition) is 1. The lowest BCUT2D eigenvalue weighted by molar-refractivity contribution is 0.303. The van der Waals surface area contributed by atoms with Crippen molar-refractivity contribution in [1.29, 1.82) is 0 Å². The van der Waals surface area contributed by atoms with Crippen LogP contribution in [0.1, 0.15) is 16.7 Å². The van der Waals surface area contributed by atoms with Crippen LogP contribution in [0.15, 0.2) is 42.5 Å². The molecule has 0 radical (unpaired) electrons. The predicted octanol–water partition coefficient (Wildman–Crippen LogP) is 2.92. The fourth-order valence-corrected chi connectivity index (χ4v) is 2.55. The number of benzene rings is 2. The zero-order valence-corrected chi connectivity index (χ0v) is 11.7. The summed E-state index contributed by atoms with van der Waals surface area (Å²) in [4.78, 5) is 0. The van der Waals surface area contributed by atoms with Gasteiger partial charge in [0.2, 0.25) is 0 Å². The first-order valence-electron chi connectivity index (χ1n) is 6.94. The van der Waals surface area contributed by atoms with E-state index < -0.39 is 0 Å². The lowest BCUT2D eigenvalue weighted by Gasteiger charge is -2.20. The highest BCUT2D eigenvalue weighted by Crippen LogP contribution is 2.22. The molecule has 0 aromatic heterocycles. The topological polar surface area (TPSA) is 30.5 Å². The lowest BCUT2D eigenvalue weighted by Crippen LogP contribution is -2.25. The zero-order valence-electron chi connectivity index (χ0n) is 11.7. The van der Waals surface area contributed by atoms with Crippen molar-refractivity contribution in [1.82, 2.24) is 5.32 Å². The molecule has 3 nitrogen and oxygen atoms in total. The fraction of sp³-hybridized carbons (Fsp3) is 0.294. The molecule has 2 aromatic rings. The van der Waals surface area contributed by atoms with Crippen molar-refractivity contribution in [3.8, 4) is 11.5 Å². The molecule has 0 atom stereocenters. The third-order valence-electron chi connectivity index (χ3n) is 3.70. The summed E-state index contributed by atoms with van der Waals surface area (Å²) in [6.45, 7) is 2.62. The van der Waals surface area contributed by atoms with Crippen LogP contribution < -0.4 is 14.8 Å². The maximum Gasteiger partial charge on any atom is 0.120 e. The molecule has 0 fully saturated rings. The molecule has 0 saturated carbocycles. The number of nitrogens with one attached hydrogen (secondary N) is 1. The van der Waals surface area contributed by atoms with E-state index in [0.29, 0.717) is 6.61 Å². The first-order chi connectivity index (χ1) is 9.86. The predicted molar refractivity (Wildman–Crippen MR) is 79.2 cm³/mol. The Morgan fingerprint density at radius 1 is 1.05 bits per heavy atom. The fourth-order valence-electron chi connectivity index (χ4n) is 2.55. The normalized spacial score (nSPS) is 13.7. The Hall–Kier alpha value is -2.00. The van der Waals surface area contributed by atoms with E-state index in [-0.39, 0.29) is 0 Å². The molecule has 0 bridgehead atoms. The maximum atomic E-state index is 5.87. The third kappa shape index (κ3) is 2.78. The van der Waals surface area contributed by atoms with Gasteiger partial charge in [-0.15, -0.1) is 0 Å². The average molecular weight is 269 g/mol. The molecule has 0 saturated heterocycles. The standard InChI is InChI=1S/C17H19NO2/c1-19-15-5-7-16(8-6-15)20-12-14-4-2-3-13-9-10-18-11-17(13)14/h2-8,18H,9-12H2,1H3. The van der Waals surface area contributed by atoms with Gasteiger partial charge in [0.15, 0.2) is 0 Å². The second-order valence-corrected chi connectivity index (χ2v) is 4.95. The van der Waals surface area contributed by atoms with Crippen molar-refractivity contribution >= 4 is 0 Å². The third-order valence-corrected chi connectivity index (χ3v) is 3.70. The van der Waals surface area contributed by atoms with E-state index in [1.807, 2.05) is 24.3 Å². The zero-order chi connectivity index (χ0) is 13.8. The summed E-state index contributed by atoms with van der Waals surface area (Å²) < 4.78 is 11.0. The van der Waals surface area contributed by atoms with Crippen molar-refractivity contribution in [3.63, 3.8) is 0 Å². The van der Waals surface area contributed by atoms with Crippen LogP contribution in [0.3, 0.4) is 0 Å². The first kappa shape index (κ1) is 13.0. The van der Waals surface area contributed by atoms with Crippen LogP contribution in [0.2, 0.25) is 0 Å². The van der Waals surface area contributed by atoms with Crippen LogP contribution in [-0.4, -0.2) is 13.7 Å². The Kier molecular flexibility index (Phi) is 3.88. The maximum absolute atomic E-state index is 5.87. The molecule has 1 heterocycles. The molecule has 3 rings (SSSR count). The van der Waals surface area contributed by atoms with Gasteiger partial charge in [-0.25, -0.2) is 0 Å². The minimum Gasteiger partial charge on any atom is -0.497 e. The second-order valence-electron chi connectivity index (χ2n) is 4.95. The smallest absolute Gasteiger partial charge is 0.120 e. The van der Waals surface area contributed by atoms with E-state index in [0.717, 1.165) is 31.0 Å². The molecule has 3 heteroatoms. The minimum atomic E-state index is 0.608. The van der Waals surface area contributed by atoms with Gasteiger partial charge in [0.25, 0.3) is 0 Å². The van der Waals surface area contributed by atoms with Crippen LogP contribution in [0.5, 0.6) is 11.5 Å². The Balaban J connectivity index is 1.71. The van der Waals surface area contributed by atoms with Crippen molar-refractivity contribution in [2.75, 3.05) is 13.7 Å². The molecule has 0 unspecified atom stereocenters. The average Bonchev–Trinajstić information content (AvgIpc) is 2.53. The van der Waals surface area contributed by atoms with E-state index in [1.165, 1.54) is 16.7 Å². The molecule has 0 aliphatic carbocycles. The van der Waals surface area contributed by atoms with Gasteiger partial charge in [-0.05, 0) is 53.9 Å². The number of fused-ring (bicyclic) bond motifs is 1. The highest BCUT2D eigenvalue weighted by Gasteiger charge is 2.12. The Morgan fingerprint density at radius 2 is 1.85 bits per heavy atom. The summed E-state index contributed by atoms with van der Waals surface area (Å²) in [5.41, 5.74) is 4.11. The summed E-state index contributed by atoms with van der Waals surface area (Å²) in [7, 11) is 1.67. The number of methoxy groups -OCH3 is 1. The van der Waals surface area contributed by atoms with Crippen molar-refractivity contribution < 1.29 is 9.47 Å². The molecule has 0 amide bonds. The molecule has 2 aromatic carbocycles. The van der Waals surface area contributed by atoms with E-state index in [9.17, 15) is 0 Å². The van der Waals surface area contributed by atoms with Gasteiger partial charge in [-0.3, -0.25) is 0 Å². The minimum absolute atomic E-state index is 0.608. The largest absolute Gasteiger partial charge is 0.497 e. The summed E-state index contributed by atoms with van der Waals surface area (Å²) in [6, 6.07) is 14.2. The highest BCUT2D eigenvalue weighted by atomic mass is 16.5. The van der Waals surface area contributed by atoms with E-state index in [2.05, 4.69) is 23.5 Å². The van der Waals surface area contributed by atoms with Crippen molar-refractivity contribution in [2.24, 2.45) is 0 Å². The second kappa shape index (κ2) is 5.97. The van der Waals surface area contributed by atoms with Crippen LogP contribution in [0.25, 0.3) is 0 Å². The SMILES string of the molecule is COc1ccc(OCc2cccc3c2CNCC3)cc1. The quantitative estimate of drug-likeness (QED) is 0.925. The van der Waals surface area contributed by atoms with E-state index in [1.54, 1.807) is 7.11 Å².